The van der Waals surface area contributed by atoms with Crippen molar-refractivity contribution in [3.8, 4) is 0 Å². The van der Waals surface area contributed by atoms with Crippen LogP contribution in [0, 0.1) is 0 Å². The van der Waals surface area contributed by atoms with E-state index in [0.717, 1.165) is 19.3 Å². The van der Waals surface area contributed by atoms with Crippen molar-refractivity contribution in [2.45, 2.75) is 19.3 Å². The zero-order chi connectivity index (χ0) is 14.0. The fraction of sp³-hybridized carbons (Fsp3) is 0.846. The number of nitrogens with zero attached hydrogens (tertiary/aromatic N) is 2. The number of unbranched alkanes of at least 4 members (excludes halogenated alkanes) is 2. The number of ether oxygens (including phenoxy) is 2. The third-order valence-electron chi connectivity index (χ3n) is 2.13. The number of rotatable bonds is 14. The Hall–Kier alpha value is -0.820. The number of aliphatic hydroxyl groups is 2. The topological polar surface area (TPSA) is 83.6 Å². The summed E-state index contributed by atoms with van der Waals surface area (Å²) in [7, 11) is 0. The van der Waals surface area contributed by atoms with Crippen LogP contribution in [0.1, 0.15) is 19.3 Å². The van der Waals surface area contributed by atoms with E-state index in [-0.39, 0.29) is 13.2 Å². The Balaban J connectivity index is 3.12. The zero-order valence-electron chi connectivity index (χ0n) is 11.5. The zero-order valence-corrected chi connectivity index (χ0v) is 11.5. The van der Waals surface area contributed by atoms with Crippen LogP contribution in [0.4, 0.5) is 0 Å². The SMILES string of the molecule is OCCOCCN=CCCCC=NCCOCCO. The summed E-state index contributed by atoms with van der Waals surface area (Å²) in [6.07, 6.45) is 6.71. The third kappa shape index (κ3) is 17.2. The second kappa shape index (κ2) is 17.2. The highest BCUT2D eigenvalue weighted by Gasteiger charge is 1.86. The molecular weight excluding hydrogens is 248 g/mol. The summed E-state index contributed by atoms with van der Waals surface area (Å²) in [5, 5.41) is 17.0. The van der Waals surface area contributed by atoms with Gasteiger partial charge in [0.15, 0.2) is 0 Å². The molecule has 0 aromatic heterocycles. The molecule has 6 heteroatoms. The van der Waals surface area contributed by atoms with Gasteiger partial charge in [-0.3, -0.25) is 9.98 Å². The van der Waals surface area contributed by atoms with Gasteiger partial charge >= 0.3 is 0 Å². The summed E-state index contributed by atoms with van der Waals surface area (Å²) in [5.74, 6) is 0. The lowest BCUT2D eigenvalue weighted by molar-refractivity contribution is 0.0978. The van der Waals surface area contributed by atoms with E-state index in [1.165, 1.54) is 0 Å². The number of aliphatic hydroxyl groups excluding tert-OH is 2. The molecule has 0 rings (SSSR count). The Morgan fingerprint density at radius 3 is 1.63 bits per heavy atom. The van der Waals surface area contributed by atoms with Crippen LogP contribution >= 0.6 is 0 Å². The van der Waals surface area contributed by atoms with Crippen molar-refractivity contribution in [2.24, 2.45) is 9.98 Å². The lowest BCUT2D eigenvalue weighted by atomic mass is 10.2. The highest BCUT2D eigenvalue weighted by atomic mass is 16.5. The molecule has 6 nitrogen and oxygen atoms in total. The minimum Gasteiger partial charge on any atom is -0.394 e. The van der Waals surface area contributed by atoms with Crippen LogP contribution in [0.15, 0.2) is 9.98 Å². The van der Waals surface area contributed by atoms with Gasteiger partial charge in [-0.15, -0.1) is 0 Å². The fourth-order valence-corrected chi connectivity index (χ4v) is 1.23. The van der Waals surface area contributed by atoms with Crippen LogP contribution < -0.4 is 0 Å². The van der Waals surface area contributed by atoms with Crippen LogP contribution in [0.3, 0.4) is 0 Å². The summed E-state index contributed by atoms with van der Waals surface area (Å²) in [5.41, 5.74) is 0. The van der Waals surface area contributed by atoms with Gasteiger partial charge in [-0.2, -0.15) is 0 Å². The normalized spacial score (nSPS) is 11.9. The minimum absolute atomic E-state index is 0.0636. The van der Waals surface area contributed by atoms with Crippen LogP contribution in [-0.2, 0) is 9.47 Å². The maximum atomic E-state index is 8.48. The van der Waals surface area contributed by atoms with Gasteiger partial charge in [0.2, 0.25) is 0 Å². The van der Waals surface area contributed by atoms with Crippen LogP contribution in [-0.4, -0.2) is 75.4 Å². The summed E-state index contributed by atoms with van der Waals surface area (Å²) in [4.78, 5) is 8.38. The van der Waals surface area contributed by atoms with Crippen molar-refractivity contribution < 1.29 is 19.7 Å². The molecule has 0 heterocycles. The van der Waals surface area contributed by atoms with Crippen molar-refractivity contribution >= 4 is 12.4 Å². The molecule has 0 aromatic carbocycles. The Labute approximate surface area is 115 Å². The van der Waals surface area contributed by atoms with Crippen molar-refractivity contribution in [2.75, 3.05) is 52.7 Å². The van der Waals surface area contributed by atoms with E-state index in [1.54, 1.807) is 0 Å². The van der Waals surface area contributed by atoms with E-state index in [9.17, 15) is 0 Å². The first-order chi connectivity index (χ1) is 9.41. The van der Waals surface area contributed by atoms with Crippen LogP contribution in [0.5, 0.6) is 0 Å². The van der Waals surface area contributed by atoms with Gasteiger partial charge in [0, 0.05) is 0 Å². The second-order valence-electron chi connectivity index (χ2n) is 3.78. The van der Waals surface area contributed by atoms with Crippen LogP contribution in [0.2, 0.25) is 0 Å². The summed E-state index contributed by atoms with van der Waals surface area (Å²) >= 11 is 0. The lowest BCUT2D eigenvalue weighted by Crippen LogP contribution is -2.03. The number of aliphatic imine (C=N–C) groups is 2. The molecular formula is C13H26N2O4. The molecule has 0 aliphatic carbocycles. The van der Waals surface area contributed by atoms with Crippen molar-refractivity contribution in [1.29, 1.82) is 0 Å². The van der Waals surface area contributed by atoms with Crippen LogP contribution in [0.25, 0.3) is 0 Å². The van der Waals surface area contributed by atoms with Gasteiger partial charge in [-0.1, -0.05) is 0 Å². The maximum Gasteiger partial charge on any atom is 0.0698 e. The van der Waals surface area contributed by atoms with Gasteiger partial charge in [0.1, 0.15) is 0 Å². The summed E-state index contributed by atoms with van der Waals surface area (Å²) in [6, 6.07) is 0. The first kappa shape index (κ1) is 18.2. The molecule has 0 saturated carbocycles. The van der Waals surface area contributed by atoms with Gasteiger partial charge in [0.05, 0.1) is 52.7 Å². The molecule has 112 valence electrons. The first-order valence-corrected chi connectivity index (χ1v) is 6.75. The highest BCUT2D eigenvalue weighted by Crippen LogP contribution is 1.90. The number of hydrogen-bond donors (Lipinski definition) is 2. The molecule has 0 saturated heterocycles. The number of hydrogen-bond acceptors (Lipinski definition) is 6. The molecule has 19 heavy (non-hydrogen) atoms. The van der Waals surface area contributed by atoms with E-state index in [1.807, 2.05) is 12.4 Å². The minimum atomic E-state index is 0.0636. The average Bonchev–Trinajstić information content (AvgIpc) is 2.43. The van der Waals surface area contributed by atoms with E-state index in [0.29, 0.717) is 39.5 Å². The van der Waals surface area contributed by atoms with Gasteiger partial charge in [0.25, 0.3) is 0 Å². The highest BCUT2D eigenvalue weighted by molar-refractivity contribution is 5.60. The Morgan fingerprint density at radius 2 is 1.21 bits per heavy atom. The van der Waals surface area contributed by atoms with E-state index in [2.05, 4.69) is 9.98 Å². The standard InChI is InChI=1S/C13H26N2O4/c16-8-12-18-10-6-14-4-2-1-3-5-15-7-11-19-13-9-17/h4-5,16-17H,1-3,6-13H2. The Morgan fingerprint density at radius 1 is 0.737 bits per heavy atom. The monoisotopic (exact) mass is 274 g/mol. The predicted molar refractivity (Wildman–Crippen MR) is 76.4 cm³/mol. The summed E-state index contributed by atoms with van der Waals surface area (Å²) < 4.78 is 10.1. The van der Waals surface area contributed by atoms with Gasteiger partial charge in [-0.05, 0) is 31.7 Å². The van der Waals surface area contributed by atoms with Crippen molar-refractivity contribution in [3.63, 3.8) is 0 Å². The second-order valence-corrected chi connectivity index (χ2v) is 3.78. The van der Waals surface area contributed by atoms with E-state index >= 15 is 0 Å². The van der Waals surface area contributed by atoms with Crippen molar-refractivity contribution in [3.05, 3.63) is 0 Å². The Kier molecular flexibility index (Phi) is 16.4. The molecule has 0 aromatic rings. The van der Waals surface area contributed by atoms with Crippen molar-refractivity contribution in [1.82, 2.24) is 0 Å². The molecule has 0 spiro atoms. The molecule has 0 fully saturated rings. The lowest BCUT2D eigenvalue weighted by Gasteiger charge is -1.98. The van der Waals surface area contributed by atoms with Gasteiger partial charge in [-0.25, -0.2) is 0 Å². The first-order valence-electron chi connectivity index (χ1n) is 6.75. The molecule has 2 N–H and O–H groups in total. The molecule has 0 aliphatic heterocycles. The third-order valence-corrected chi connectivity index (χ3v) is 2.13. The average molecular weight is 274 g/mol. The molecule has 0 amide bonds. The maximum absolute atomic E-state index is 8.48. The Bertz CT molecular complexity index is 201. The largest absolute Gasteiger partial charge is 0.394 e. The fourth-order valence-electron chi connectivity index (χ4n) is 1.23. The summed E-state index contributed by atoms with van der Waals surface area (Å²) in [6.45, 7) is 3.31. The molecule has 0 atom stereocenters. The van der Waals surface area contributed by atoms with E-state index in [4.69, 9.17) is 19.7 Å². The quantitative estimate of drug-likeness (QED) is 0.353. The molecule has 0 bridgehead atoms. The predicted octanol–water partition coefficient (Wildman–Crippen LogP) is 0.316. The smallest absolute Gasteiger partial charge is 0.0698 e. The van der Waals surface area contributed by atoms with E-state index < -0.39 is 0 Å². The molecule has 0 radical (unpaired) electrons. The van der Waals surface area contributed by atoms with Gasteiger partial charge < -0.3 is 19.7 Å². The molecule has 0 unspecified atom stereocenters. The molecule has 0 aliphatic rings.